The molecule has 0 aliphatic carbocycles. The Labute approximate surface area is 219 Å². The Balaban J connectivity index is 1.42. The number of nitrogens with one attached hydrogen (secondary N) is 2. The first-order chi connectivity index (χ1) is 17.8. The lowest BCUT2D eigenvalue weighted by atomic mass is 9.94. The molecular formula is C26H34F2N4O4S. The van der Waals surface area contributed by atoms with Crippen LogP contribution in [0.4, 0.5) is 8.78 Å². The number of benzene rings is 1. The van der Waals surface area contributed by atoms with Crippen molar-refractivity contribution in [3.05, 3.63) is 52.0 Å². The lowest BCUT2D eigenvalue weighted by molar-refractivity contribution is -0.129. The summed E-state index contributed by atoms with van der Waals surface area (Å²) in [5.41, 5.74) is 0.323. The summed E-state index contributed by atoms with van der Waals surface area (Å²) < 4.78 is 33.6. The highest BCUT2D eigenvalue weighted by atomic mass is 32.1. The van der Waals surface area contributed by atoms with E-state index >= 15 is 0 Å². The molecule has 202 valence electrons. The van der Waals surface area contributed by atoms with Gasteiger partial charge in [-0.2, -0.15) is 0 Å². The molecule has 8 nitrogen and oxygen atoms in total. The number of hydrogen-bond donors (Lipinski definition) is 3. The van der Waals surface area contributed by atoms with Crippen LogP contribution in [-0.2, 0) is 27.3 Å². The van der Waals surface area contributed by atoms with Gasteiger partial charge in [0.15, 0.2) is 0 Å². The number of ether oxygens (including phenoxy) is 1. The minimum absolute atomic E-state index is 0.0324. The first-order valence-electron chi connectivity index (χ1n) is 12.8. The van der Waals surface area contributed by atoms with Gasteiger partial charge in [-0.3, -0.25) is 9.59 Å². The fourth-order valence-electron chi connectivity index (χ4n) is 4.93. The average Bonchev–Trinajstić information content (AvgIpc) is 3.60. The topological polar surface area (TPSA) is 104 Å². The quantitative estimate of drug-likeness (QED) is 0.360. The number of halogens is 2. The first kappa shape index (κ1) is 27.6. The molecule has 11 heteroatoms. The van der Waals surface area contributed by atoms with Crippen LogP contribution in [0.3, 0.4) is 0 Å². The minimum Gasteiger partial charge on any atom is -0.389 e. The number of rotatable bonds is 12. The third-order valence-corrected chi connectivity index (χ3v) is 7.67. The fourth-order valence-corrected chi connectivity index (χ4v) is 5.56. The number of unbranched alkanes of at least 4 members (excludes halogenated alkanes) is 1. The molecule has 2 aliphatic rings. The summed E-state index contributed by atoms with van der Waals surface area (Å²) >= 11 is 1.44. The molecule has 0 bridgehead atoms. The monoisotopic (exact) mass is 536 g/mol. The molecule has 1 unspecified atom stereocenters. The van der Waals surface area contributed by atoms with E-state index in [0.29, 0.717) is 31.7 Å². The van der Waals surface area contributed by atoms with Gasteiger partial charge in [-0.05, 0) is 37.0 Å². The van der Waals surface area contributed by atoms with Crippen LogP contribution < -0.4 is 10.6 Å². The summed E-state index contributed by atoms with van der Waals surface area (Å²) in [5, 5.41) is 20.0. The molecule has 37 heavy (non-hydrogen) atoms. The van der Waals surface area contributed by atoms with E-state index in [0.717, 1.165) is 23.9 Å². The zero-order chi connectivity index (χ0) is 26.4. The molecule has 0 saturated carbocycles. The second-order valence-electron chi connectivity index (χ2n) is 9.79. The van der Waals surface area contributed by atoms with E-state index in [1.54, 1.807) is 11.1 Å². The maximum atomic E-state index is 13.9. The Kier molecular flexibility index (Phi) is 9.58. The zero-order valence-electron chi connectivity index (χ0n) is 20.9. The summed E-state index contributed by atoms with van der Waals surface area (Å²) in [7, 11) is 0. The van der Waals surface area contributed by atoms with E-state index in [-0.39, 0.29) is 43.3 Å². The Hall–Kier alpha value is -2.47. The summed E-state index contributed by atoms with van der Waals surface area (Å²) in [6.45, 7) is 3.89. The van der Waals surface area contributed by atoms with Gasteiger partial charge in [0.05, 0.1) is 30.7 Å². The van der Waals surface area contributed by atoms with Crippen LogP contribution in [0.2, 0.25) is 0 Å². The van der Waals surface area contributed by atoms with E-state index in [9.17, 15) is 23.5 Å². The Morgan fingerprint density at radius 2 is 2.14 bits per heavy atom. The zero-order valence-corrected chi connectivity index (χ0v) is 21.7. The van der Waals surface area contributed by atoms with Gasteiger partial charge in [-0.1, -0.05) is 13.3 Å². The predicted molar refractivity (Wildman–Crippen MR) is 135 cm³/mol. The molecule has 1 aromatic heterocycles. The number of aromatic nitrogens is 1. The van der Waals surface area contributed by atoms with Gasteiger partial charge in [0, 0.05) is 49.8 Å². The van der Waals surface area contributed by atoms with Crippen molar-refractivity contribution in [2.75, 3.05) is 19.7 Å². The van der Waals surface area contributed by atoms with Crippen LogP contribution in [0.5, 0.6) is 0 Å². The lowest BCUT2D eigenvalue weighted by Gasteiger charge is -2.29. The van der Waals surface area contributed by atoms with Crippen molar-refractivity contribution in [2.24, 2.45) is 5.92 Å². The number of nitrogens with zero attached hydrogens (tertiary/aromatic N) is 2. The van der Waals surface area contributed by atoms with E-state index in [1.807, 2.05) is 5.38 Å². The van der Waals surface area contributed by atoms with Crippen LogP contribution >= 0.6 is 11.3 Å². The highest BCUT2D eigenvalue weighted by Crippen LogP contribution is 2.23. The van der Waals surface area contributed by atoms with Crippen LogP contribution in [-0.4, -0.2) is 70.8 Å². The van der Waals surface area contributed by atoms with Gasteiger partial charge in [0.25, 0.3) is 0 Å². The van der Waals surface area contributed by atoms with Crippen LogP contribution in [0.1, 0.15) is 43.2 Å². The largest absolute Gasteiger partial charge is 0.389 e. The molecular weight excluding hydrogens is 502 g/mol. The van der Waals surface area contributed by atoms with Gasteiger partial charge in [0.2, 0.25) is 11.8 Å². The van der Waals surface area contributed by atoms with E-state index < -0.39 is 29.7 Å². The Morgan fingerprint density at radius 1 is 1.35 bits per heavy atom. The highest BCUT2D eigenvalue weighted by Gasteiger charge is 2.39. The van der Waals surface area contributed by atoms with Crippen LogP contribution in [0.25, 0.3) is 0 Å². The van der Waals surface area contributed by atoms with Gasteiger partial charge < -0.3 is 25.4 Å². The molecule has 2 fully saturated rings. The number of aliphatic hydroxyl groups excluding tert-OH is 1. The molecule has 3 heterocycles. The molecule has 1 aromatic carbocycles. The molecule has 2 aromatic rings. The molecule has 0 radical (unpaired) electrons. The average molecular weight is 537 g/mol. The van der Waals surface area contributed by atoms with Gasteiger partial charge in [0.1, 0.15) is 16.6 Å². The van der Waals surface area contributed by atoms with Gasteiger partial charge in [-0.25, -0.2) is 13.8 Å². The first-order valence-corrected chi connectivity index (χ1v) is 13.6. The summed E-state index contributed by atoms with van der Waals surface area (Å²) in [6.07, 6.45) is 3.21. The Morgan fingerprint density at radius 3 is 2.84 bits per heavy atom. The molecule has 3 N–H and O–H groups in total. The number of carbonyl (C=O) groups excluding carboxylic acids is 2. The molecule has 2 aliphatic heterocycles. The van der Waals surface area contributed by atoms with Crippen LogP contribution in [0, 0.1) is 17.6 Å². The summed E-state index contributed by atoms with van der Waals surface area (Å²) in [4.78, 5) is 31.6. The van der Waals surface area contributed by atoms with E-state index in [4.69, 9.17) is 4.74 Å². The Bertz CT molecular complexity index is 1040. The number of hydrogen-bond acceptors (Lipinski definition) is 7. The van der Waals surface area contributed by atoms with Crippen LogP contribution in [0.15, 0.2) is 29.8 Å². The molecule has 0 spiro atoms. The standard InChI is InChI=1S/C26H34F2N4O4S/c1-2-3-5-36-20-12-21(30-13-20)25(34)22(9-16-7-18(27)11-19(28)8-16)31-26(35)17-10-24(33)32(14-17)15-23-29-4-6-37-23/h4,6-8,11,17,20-22,25,30,34H,2-3,5,9-10,12-15H2,1H3,(H,31,35)/t17?,20-,21-,22+,25-/m1/s1. The van der Waals surface area contributed by atoms with Crippen molar-refractivity contribution in [1.29, 1.82) is 0 Å². The smallest absolute Gasteiger partial charge is 0.225 e. The molecule has 2 amide bonds. The molecule has 5 atom stereocenters. The van der Waals surface area contributed by atoms with Crippen molar-refractivity contribution in [3.63, 3.8) is 0 Å². The number of likely N-dealkylation sites (tertiary alicyclic amines) is 1. The van der Waals surface area contributed by atoms with Crippen molar-refractivity contribution in [3.8, 4) is 0 Å². The second-order valence-corrected chi connectivity index (χ2v) is 10.8. The van der Waals surface area contributed by atoms with Crippen molar-refractivity contribution in [2.45, 2.75) is 69.9 Å². The molecule has 4 rings (SSSR count). The van der Waals surface area contributed by atoms with Crippen molar-refractivity contribution < 1.29 is 28.2 Å². The van der Waals surface area contributed by atoms with E-state index in [2.05, 4.69) is 22.5 Å². The van der Waals surface area contributed by atoms with E-state index in [1.165, 1.54) is 23.5 Å². The van der Waals surface area contributed by atoms with Crippen molar-refractivity contribution >= 4 is 23.2 Å². The maximum Gasteiger partial charge on any atom is 0.225 e. The van der Waals surface area contributed by atoms with Gasteiger partial charge in [-0.15, -0.1) is 11.3 Å². The second kappa shape index (κ2) is 12.9. The maximum absolute atomic E-state index is 13.9. The number of carbonyl (C=O) groups is 2. The number of thiazole rings is 1. The minimum atomic E-state index is -1.03. The predicted octanol–water partition coefficient (Wildman–Crippen LogP) is 2.41. The summed E-state index contributed by atoms with van der Waals surface area (Å²) in [5.74, 6) is -2.55. The van der Waals surface area contributed by atoms with Gasteiger partial charge >= 0.3 is 0 Å². The highest BCUT2D eigenvalue weighted by molar-refractivity contribution is 7.09. The van der Waals surface area contributed by atoms with Crippen molar-refractivity contribution in [1.82, 2.24) is 20.5 Å². The summed E-state index contributed by atoms with van der Waals surface area (Å²) in [6, 6.07) is 2.00. The third-order valence-electron chi connectivity index (χ3n) is 6.90. The lowest BCUT2D eigenvalue weighted by Crippen LogP contribution is -2.53. The molecule has 2 saturated heterocycles. The number of aliphatic hydroxyl groups is 1. The normalized spacial score (nSPS) is 23.4. The third kappa shape index (κ3) is 7.53. The fraction of sp³-hybridized carbons (Fsp3) is 0.577. The number of amides is 2. The SMILES string of the molecule is CCCCO[C@H]1CN[C@@H]([C@@H](O)[C@H](Cc2cc(F)cc(F)c2)NC(=O)C2CC(=O)N(Cc3nccs3)C2)C1.